The van der Waals surface area contributed by atoms with E-state index in [-0.39, 0.29) is 17.1 Å². The number of hydrogen-bond acceptors (Lipinski definition) is 5. The molecule has 0 N–H and O–H groups in total. The highest BCUT2D eigenvalue weighted by Crippen LogP contribution is 2.39. The van der Waals surface area contributed by atoms with Gasteiger partial charge < -0.3 is 4.42 Å². The van der Waals surface area contributed by atoms with Crippen LogP contribution in [-0.2, 0) is 6.42 Å². The van der Waals surface area contributed by atoms with Crippen molar-refractivity contribution in [3.8, 4) is 10.6 Å². The van der Waals surface area contributed by atoms with Gasteiger partial charge in [0.05, 0.1) is 10.3 Å². The lowest BCUT2D eigenvalue weighted by molar-refractivity contribution is 0.0990. The lowest BCUT2D eigenvalue weighted by Crippen LogP contribution is -2.04. The summed E-state index contributed by atoms with van der Waals surface area (Å²) in [6.07, 6.45) is 2.23. The van der Waals surface area contributed by atoms with Crippen LogP contribution in [-0.4, -0.2) is 16.6 Å². The Balaban J connectivity index is 1.57. The van der Waals surface area contributed by atoms with Gasteiger partial charge in [0.25, 0.3) is 0 Å². The van der Waals surface area contributed by atoms with Crippen molar-refractivity contribution in [2.24, 2.45) is 0 Å². The predicted molar refractivity (Wildman–Crippen MR) is 124 cm³/mol. The fourth-order valence-electron chi connectivity index (χ4n) is 4.19. The molecule has 4 aromatic rings. The first-order valence-electron chi connectivity index (χ1n) is 9.99. The van der Waals surface area contributed by atoms with Gasteiger partial charge in [-0.05, 0) is 43.0 Å². The summed E-state index contributed by atoms with van der Waals surface area (Å²) in [6.45, 7) is 5.64. The van der Waals surface area contributed by atoms with E-state index in [0.717, 1.165) is 26.4 Å². The molecular formula is C25H18ClNO3S. The number of halogens is 1. The molecule has 5 rings (SSSR count). The van der Waals surface area contributed by atoms with Crippen LogP contribution in [0.4, 0.5) is 0 Å². The molecule has 0 amide bonds. The lowest BCUT2D eigenvalue weighted by Gasteiger charge is -2.13. The summed E-state index contributed by atoms with van der Waals surface area (Å²) in [7, 11) is 0. The quantitative estimate of drug-likeness (QED) is 0.254. The van der Waals surface area contributed by atoms with Gasteiger partial charge in [-0.3, -0.25) is 9.59 Å². The van der Waals surface area contributed by atoms with Gasteiger partial charge in [-0.25, -0.2) is 4.98 Å². The van der Waals surface area contributed by atoms with Crippen molar-refractivity contribution in [1.29, 1.82) is 0 Å². The van der Waals surface area contributed by atoms with E-state index < -0.39 is 0 Å². The van der Waals surface area contributed by atoms with Crippen molar-refractivity contribution >= 4 is 51.0 Å². The zero-order valence-corrected chi connectivity index (χ0v) is 18.8. The number of allylic oxidation sites excluding steroid dienone is 1. The molecule has 0 unspecified atom stereocenters. The molecule has 1 aliphatic carbocycles. The van der Waals surface area contributed by atoms with Crippen LogP contribution in [0, 0.1) is 13.8 Å². The average Bonchev–Trinajstić information content (AvgIpc) is 3.40. The van der Waals surface area contributed by atoms with E-state index in [9.17, 15) is 9.59 Å². The minimum atomic E-state index is -0.303. The number of rotatable bonds is 3. The summed E-state index contributed by atoms with van der Waals surface area (Å²) >= 11 is 8.01. The maximum absolute atomic E-state index is 13.2. The van der Waals surface area contributed by atoms with Crippen LogP contribution < -0.4 is 0 Å². The Hall–Kier alpha value is -3.02. The van der Waals surface area contributed by atoms with Crippen molar-refractivity contribution in [3.63, 3.8) is 0 Å². The van der Waals surface area contributed by atoms with Gasteiger partial charge in [-0.15, -0.1) is 11.3 Å². The molecular weight excluding hydrogens is 430 g/mol. The Morgan fingerprint density at radius 3 is 2.39 bits per heavy atom. The SMILES string of the molecule is CCc1c(C)c2c(c(C)c1Cl)C(=O)/C(=C/c1cc3sc(-c4ccccc4)nc3o1)C2=O. The number of thiazole rings is 1. The number of furan rings is 1. The van der Waals surface area contributed by atoms with Crippen molar-refractivity contribution in [2.45, 2.75) is 27.2 Å². The van der Waals surface area contributed by atoms with Gasteiger partial charge in [-0.1, -0.05) is 48.9 Å². The molecule has 2 aromatic carbocycles. The molecule has 0 bridgehead atoms. The number of nitrogens with zero attached hydrogens (tertiary/aromatic N) is 1. The number of carbonyl (C=O) groups is 2. The van der Waals surface area contributed by atoms with E-state index in [0.29, 0.717) is 39.6 Å². The molecule has 0 saturated carbocycles. The summed E-state index contributed by atoms with van der Waals surface area (Å²) in [4.78, 5) is 30.8. The Bertz CT molecular complexity index is 1390. The number of benzene rings is 2. The van der Waals surface area contributed by atoms with E-state index in [1.165, 1.54) is 17.4 Å². The highest BCUT2D eigenvalue weighted by Gasteiger charge is 2.38. The third-order valence-electron chi connectivity index (χ3n) is 5.76. The van der Waals surface area contributed by atoms with E-state index in [1.807, 2.05) is 50.2 Å². The minimum Gasteiger partial charge on any atom is -0.437 e. The van der Waals surface area contributed by atoms with Gasteiger partial charge in [-0.2, -0.15) is 0 Å². The third kappa shape index (κ3) is 2.99. The van der Waals surface area contributed by atoms with Crippen LogP contribution >= 0.6 is 22.9 Å². The van der Waals surface area contributed by atoms with Crippen LogP contribution in [0.5, 0.6) is 0 Å². The van der Waals surface area contributed by atoms with Crippen molar-refractivity contribution in [1.82, 2.24) is 4.98 Å². The fraction of sp³-hybridized carbons (Fsp3) is 0.160. The second kappa shape index (κ2) is 7.29. The number of carbonyl (C=O) groups excluding carboxylic acids is 2. The molecule has 0 aliphatic heterocycles. The van der Waals surface area contributed by atoms with Crippen LogP contribution in [0.3, 0.4) is 0 Å². The van der Waals surface area contributed by atoms with E-state index >= 15 is 0 Å². The second-order valence-corrected chi connectivity index (χ2v) is 8.97. The Kier molecular flexibility index (Phi) is 4.68. The highest BCUT2D eigenvalue weighted by molar-refractivity contribution is 7.21. The minimum absolute atomic E-state index is 0.107. The Morgan fingerprint density at radius 2 is 1.74 bits per heavy atom. The number of aromatic nitrogens is 1. The van der Waals surface area contributed by atoms with E-state index in [1.54, 1.807) is 6.92 Å². The molecule has 0 saturated heterocycles. The first-order chi connectivity index (χ1) is 14.9. The molecule has 31 heavy (non-hydrogen) atoms. The first-order valence-corrected chi connectivity index (χ1v) is 11.2. The maximum Gasteiger partial charge on any atom is 0.238 e. The number of fused-ring (bicyclic) bond motifs is 2. The average molecular weight is 448 g/mol. The third-order valence-corrected chi connectivity index (χ3v) is 7.30. The first kappa shape index (κ1) is 19.9. The van der Waals surface area contributed by atoms with Gasteiger partial charge in [0.2, 0.25) is 5.71 Å². The molecule has 0 fully saturated rings. The number of hydrogen-bond donors (Lipinski definition) is 0. The molecule has 2 aromatic heterocycles. The number of ketones is 2. The van der Waals surface area contributed by atoms with Gasteiger partial charge in [0.15, 0.2) is 11.6 Å². The summed E-state index contributed by atoms with van der Waals surface area (Å²) in [5, 5.41) is 1.43. The standard InChI is InChI=1S/C25H18ClNO3S/c1-4-16-12(2)19-20(13(3)21(16)26)23(29)17(22(19)28)10-15-11-18-24(30-15)27-25(31-18)14-8-6-5-7-9-14/h5-11H,4H2,1-3H3/b17-10+. The van der Waals surface area contributed by atoms with Crippen LogP contribution in [0.15, 0.2) is 46.4 Å². The zero-order valence-electron chi connectivity index (χ0n) is 17.2. The smallest absolute Gasteiger partial charge is 0.238 e. The zero-order chi connectivity index (χ0) is 21.9. The van der Waals surface area contributed by atoms with Gasteiger partial charge in [0, 0.05) is 27.8 Å². The Morgan fingerprint density at radius 1 is 1.06 bits per heavy atom. The van der Waals surface area contributed by atoms with Crippen molar-refractivity contribution < 1.29 is 14.0 Å². The van der Waals surface area contributed by atoms with Crippen LogP contribution in [0.25, 0.3) is 27.1 Å². The maximum atomic E-state index is 13.2. The normalized spacial score (nSPS) is 14.8. The lowest BCUT2D eigenvalue weighted by atomic mass is 9.93. The van der Waals surface area contributed by atoms with Crippen molar-refractivity contribution in [2.75, 3.05) is 0 Å². The molecule has 0 spiro atoms. The molecule has 6 heteroatoms. The number of Topliss-reactive ketones (excluding diaryl/α,β-unsaturated/α-hetero) is 2. The van der Waals surface area contributed by atoms with Crippen LogP contribution in [0.2, 0.25) is 5.02 Å². The predicted octanol–water partition coefficient (Wildman–Crippen LogP) is 6.85. The summed E-state index contributed by atoms with van der Waals surface area (Å²) in [5.74, 6) is -0.137. The van der Waals surface area contributed by atoms with Gasteiger partial charge >= 0.3 is 0 Å². The topological polar surface area (TPSA) is 60.2 Å². The largest absolute Gasteiger partial charge is 0.437 e. The van der Waals surface area contributed by atoms with Crippen molar-refractivity contribution in [3.05, 3.63) is 80.6 Å². The highest BCUT2D eigenvalue weighted by atomic mass is 35.5. The molecule has 2 heterocycles. The fourth-order valence-corrected chi connectivity index (χ4v) is 5.50. The van der Waals surface area contributed by atoms with Gasteiger partial charge in [0.1, 0.15) is 10.8 Å². The van der Waals surface area contributed by atoms with E-state index in [4.69, 9.17) is 16.0 Å². The summed E-state index contributed by atoms with van der Waals surface area (Å²) in [6, 6.07) is 11.7. The molecule has 154 valence electrons. The second-order valence-electron chi connectivity index (χ2n) is 7.57. The van der Waals surface area contributed by atoms with Crippen LogP contribution in [0.1, 0.15) is 50.1 Å². The molecule has 0 radical (unpaired) electrons. The molecule has 1 aliphatic rings. The summed E-state index contributed by atoms with van der Waals surface area (Å²) in [5.41, 5.74) is 4.85. The Labute approximate surface area is 188 Å². The summed E-state index contributed by atoms with van der Waals surface area (Å²) < 4.78 is 6.71. The van der Waals surface area contributed by atoms with E-state index in [2.05, 4.69) is 4.98 Å². The molecule has 0 atom stereocenters. The monoisotopic (exact) mass is 447 g/mol. The molecule has 4 nitrogen and oxygen atoms in total.